The van der Waals surface area contributed by atoms with Crippen LogP contribution in [-0.4, -0.2) is 42.3 Å². The van der Waals surface area contributed by atoms with Gasteiger partial charge in [-0.25, -0.2) is 0 Å². The SMILES string of the molecule is CC(C)C(C(=O)N1CCCC1C)c1cn(N(C)C)o1. The van der Waals surface area contributed by atoms with Crippen LogP contribution in [0.5, 0.6) is 0 Å². The van der Waals surface area contributed by atoms with E-state index in [1.807, 2.05) is 30.2 Å². The van der Waals surface area contributed by atoms with Crippen molar-refractivity contribution in [3.8, 4) is 0 Å². The summed E-state index contributed by atoms with van der Waals surface area (Å²) in [7, 11) is 3.81. The molecule has 1 aromatic rings. The van der Waals surface area contributed by atoms with Crippen molar-refractivity contribution in [3.63, 3.8) is 0 Å². The van der Waals surface area contributed by atoms with Crippen LogP contribution in [0.1, 0.15) is 45.3 Å². The summed E-state index contributed by atoms with van der Waals surface area (Å²) in [4.78, 5) is 16.3. The van der Waals surface area contributed by atoms with Crippen LogP contribution in [0.3, 0.4) is 0 Å². The zero-order chi connectivity index (χ0) is 14.2. The molecule has 0 bridgehead atoms. The highest BCUT2D eigenvalue weighted by molar-refractivity contribution is 5.83. The fourth-order valence-electron chi connectivity index (χ4n) is 2.73. The molecule has 1 amide bonds. The second-order valence-electron chi connectivity index (χ2n) is 6.02. The Morgan fingerprint density at radius 2 is 2.11 bits per heavy atom. The highest BCUT2D eigenvalue weighted by Crippen LogP contribution is 2.31. The Morgan fingerprint density at radius 1 is 1.47 bits per heavy atom. The van der Waals surface area contributed by atoms with E-state index < -0.39 is 0 Å². The summed E-state index contributed by atoms with van der Waals surface area (Å²) in [6.07, 6.45) is 4.13. The maximum atomic E-state index is 12.7. The Bertz CT molecular complexity index is 421. The molecule has 2 heterocycles. The van der Waals surface area contributed by atoms with Gasteiger partial charge in [0.2, 0.25) is 5.91 Å². The molecule has 1 aliphatic heterocycles. The van der Waals surface area contributed by atoms with Crippen LogP contribution in [0.25, 0.3) is 0 Å². The number of hydrogen-bond acceptors (Lipinski definition) is 3. The standard InChI is InChI=1S/C14H25N3O2/c1-10(2)13(12-9-17(19-12)15(4)5)14(18)16-8-6-7-11(16)3/h9-11,13H,6-8H2,1-5H3. The van der Waals surface area contributed by atoms with Crippen molar-refractivity contribution in [2.24, 2.45) is 5.92 Å². The second kappa shape index (κ2) is 5.31. The molecule has 2 rings (SSSR count). The lowest BCUT2D eigenvalue weighted by atomic mass is 9.91. The molecule has 19 heavy (non-hydrogen) atoms. The van der Waals surface area contributed by atoms with Crippen molar-refractivity contribution in [1.82, 2.24) is 9.75 Å². The number of amides is 1. The first-order valence-corrected chi connectivity index (χ1v) is 7.08. The number of aromatic nitrogens is 1. The van der Waals surface area contributed by atoms with Crippen molar-refractivity contribution < 1.29 is 9.32 Å². The second-order valence-corrected chi connectivity index (χ2v) is 6.02. The average Bonchev–Trinajstić information content (AvgIpc) is 2.66. The van der Waals surface area contributed by atoms with Crippen LogP contribution >= 0.6 is 0 Å². The van der Waals surface area contributed by atoms with E-state index in [2.05, 4.69) is 20.8 Å². The number of likely N-dealkylation sites (tertiary alicyclic amines) is 1. The summed E-state index contributed by atoms with van der Waals surface area (Å²) < 4.78 is 5.61. The van der Waals surface area contributed by atoms with Crippen LogP contribution in [0.4, 0.5) is 0 Å². The van der Waals surface area contributed by atoms with Crippen LogP contribution < -0.4 is 5.01 Å². The van der Waals surface area contributed by atoms with E-state index in [1.165, 1.54) is 0 Å². The molecule has 0 aliphatic carbocycles. The third kappa shape index (κ3) is 2.65. The minimum Gasteiger partial charge on any atom is -0.362 e. The molecule has 1 saturated heterocycles. The van der Waals surface area contributed by atoms with Gasteiger partial charge in [-0.05, 0) is 25.7 Å². The van der Waals surface area contributed by atoms with Gasteiger partial charge in [-0.15, -0.1) is 4.85 Å². The van der Waals surface area contributed by atoms with Gasteiger partial charge < -0.3 is 9.42 Å². The lowest BCUT2D eigenvalue weighted by Crippen LogP contribution is -2.40. The largest absolute Gasteiger partial charge is 0.362 e. The maximum Gasteiger partial charge on any atom is 0.233 e. The molecule has 108 valence electrons. The van der Waals surface area contributed by atoms with E-state index >= 15 is 0 Å². The third-order valence-electron chi connectivity index (χ3n) is 3.91. The molecular weight excluding hydrogens is 242 g/mol. The van der Waals surface area contributed by atoms with Gasteiger partial charge in [-0.1, -0.05) is 13.8 Å². The topological polar surface area (TPSA) is 41.6 Å². The van der Waals surface area contributed by atoms with Crippen LogP contribution in [0.15, 0.2) is 10.7 Å². The fraction of sp³-hybridized carbons (Fsp3) is 0.786. The van der Waals surface area contributed by atoms with E-state index in [-0.39, 0.29) is 17.7 Å². The van der Waals surface area contributed by atoms with E-state index in [9.17, 15) is 4.79 Å². The van der Waals surface area contributed by atoms with Crippen LogP contribution in [0, 0.1) is 5.92 Å². The molecule has 5 nitrogen and oxygen atoms in total. The smallest absolute Gasteiger partial charge is 0.233 e. The van der Waals surface area contributed by atoms with Gasteiger partial charge in [-0.2, -0.15) is 0 Å². The Balaban J connectivity index is 2.14. The monoisotopic (exact) mass is 267 g/mol. The Labute approximate surface area is 115 Å². The summed E-state index contributed by atoms with van der Waals surface area (Å²) in [6, 6.07) is 0.361. The summed E-state index contributed by atoms with van der Waals surface area (Å²) in [6.45, 7) is 7.16. The van der Waals surface area contributed by atoms with Crippen molar-refractivity contribution in [1.29, 1.82) is 0 Å². The molecule has 5 heteroatoms. The highest BCUT2D eigenvalue weighted by Gasteiger charge is 2.36. The predicted molar refractivity (Wildman–Crippen MR) is 74.8 cm³/mol. The van der Waals surface area contributed by atoms with Crippen LogP contribution in [0.2, 0.25) is 0 Å². The molecule has 0 aromatic carbocycles. The van der Waals surface area contributed by atoms with Gasteiger partial charge in [0.25, 0.3) is 0 Å². The lowest BCUT2D eigenvalue weighted by molar-refractivity contribution is -0.135. The fourth-order valence-corrected chi connectivity index (χ4v) is 2.73. The van der Waals surface area contributed by atoms with Gasteiger partial charge in [0.05, 0.1) is 0 Å². The molecule has 0 N–H and O–H groups in total. The Kier molecular flexibility index (Phi) is 3.92. The first kappa shape index (κ1) is 14.0. The van der Waals surface area contributed by atoms with E-state index in [0.29, 0.717) is 6.04 Å². The number of nitrogens with zero attached hydrogens (tertiary/aromatic N) is 3. The first-order chi connectivity index (χ1) is 8.91. The van der Waals surface area contributed by atoms with Gasteiger partial charge in [-0.3, -0.25) is 9.80 Å². The predicted octanol–water partition coefficient (Wildman–Crippen LogP) is 2.03. The third-order valence-corrected chi connectivity index (χ3v) is 3.91. The van der Waals surface area contributed by atoms with E-state index in [4.69, 9.17) is 4.52 Å². The van der Waals surface area contributed by atoms with Crippen molar-refractivity contribution in [2.75, 3.05) is 25.6 Å². The molecule has 1 aliphatic rings. The van der Waals surface area contributed by atoms with Crippen molar-refractivity contribution >= 4 is 5.91 Å². The molecule has 2 atom stereocenters. The molecule has 0 radical (unpaired) electrons. The van der Waals surface area contributed by atoms with E-state index in [1.54, 1.807) is 4.85 Å². The van der Waals surface area contributed by atoms with Gasteiger partial charge in [0, 0.05) is 26.7 Å². The average molecular weight is 267 g/mol. The minimum atomic E-state index is -0.156. The minimum absolute atomic E-state index is 0.156. The molecular formula is C14H25N3O2. The molecule has 1 aromatic heterocycles. The maximum absolute atomic E-state index is 12.7. The zero-order valence-corrected chi connectivity index (χ0v) is 12.6. The molecule has 2 unspecified atom stereocenters. The number of carbonyl (C=O) groups excluding carboxylic acids is 1. The molecule has 1 fully saturated rings. The van der Waals surface area contributed by atoms with Gasteiger partial charge >= 0.3 is 0 Å². The quantitative estimate of drug-likeness (QED) is 0.838. The number of hydrogen-bond donors (Lipinski definition) is 0. The zero-order valence-electron chi connectivity index (χ0n) is 12.6. The normalized spacial score (nSPS) is 21.2. The van der Waals surface area contributed by atoms with Crippen LogP contribution in [-0.2, 0) is 4.79 Å². The lowest BCUT2D eigenvalue weighted by Gasteiger charge is -2.30. The first-order valence-electron chi connectivity index (χ1n) is 7.08. The summed E-state index contributed by atoms with van der Waals surface area (Å²) >= 11 is 0. The summed E-state index contributed by atoms with van der Waals surface area (Å²) in [5.41, 5.74) is 0. The molecule has 0 spiro atoms. The van der Waals surface area contributed by atoms with Gasteiger partial charge in [0.1, 0.15) is 12.1 Å². The van der Waals surface area contributed by atoms with Crippen molar-refractivity contribution in [2.45, 2.75) is 45.6 Å². The number of carbonyl (C=O) groups is 1. The Morgan fingerprint density at radius 3 is 2.53 bits per heavy atom. The molecule has 0 saturated carbocycles. The van der Waals surface area contributed by atoms with Gasteiger partial charge in [0.15, 0.2) is 5.76 Å². The Hall–Kier alpha value is -1.39. The summed E-state index contributed by atoms with van der Waals surface area (Å²) in [5.74, 6) is 1.09. The van der Waals surface area contributed by atoms with Crippen molar-refractivity contribution in [3.05, 3.63) is 12.0 Å². The number of rotatable bonds is 4. The van der Waals surface area contributed by atoms with E-state index in [0.717, 1.165) is 25.1 Å². The highest BCUT2D eigenvalue weighted by atomic mass is 16.5. The summed E-state index contributed by atoms with van der Waals surface area (Å²) in [5, 5.41) is 1.84.